The van der Waals surface area contributed by atoms with E-state index in [1.54, 1.807) is 0 Å². The Kier molecular flexibility index (Phi) is 34.6. The third-order valence-corrected chi connectivity index (χ3v) is 8.61. The molecule has 0 nitrogen and oxygen atoms in total. The molecular formula is C47H80. The van der Waals surface area contributed by atoms with Crippen LogP contribution in [0.3, 0.4) is 0 Å². The summed E-state index contributed by atoms with van der Waals surface area (Å²) in [4.78, 5) is 0. The molecule has 0 aliphatic heterocycles. The molecule has 0 saturated carbocycles. The maximum atomic E-state index is 2.44. The van der Waals surface area contributed by atoms with Crippen LogP contribution >= 0.6 is 0 Å². The van der Waals surface area contributed by atoms with Crippen LogP contribution in [-0.2, 0) is 0 Å². The lowest BCUT2D eigenvalue weighted by Gasteiger charge is -2.26. The van der Waals surface area contributed by atoms with Crippen LogP contribution in [0.5, 0.6) is 0 Å². The molecule has 47 heavy (non-hydrogen) atoms. The van der Waals surface area contributed by atoms with Crippen LogP contribution in [-0.4, -0.2) is 0 Å². The van der Waals surface area contributed by atoms with E-state index in [1.165, 1.54) is 77.5 Å². The van der Waals surface area contributed by atoms with Crippen molar-refractivity contribution >= 4 is 0 Å². The lowest BCUT2D eigenvalue weighted by atomic mass is 9.79. The lowest BCUT2D eigenvalue weighted by Crippen LogP contribution is -2.15. The fourth-order valence-electron chi connectivity index (χ4n) is 5.19. The zero-order valence-corrected chi connectivity index (χ0v) is 34.4. The van der Waals surface area contributed by atoms with Crippen molar-refractivity contribution in [3.63, 3.8) is 0 Å². The van der Waals surface area contributed by atoms with Crippen molar-refractivity contribution in [3.8, 4) is 0 Å². The Morgan fingerprint density at radius 1 is 0.745 bits per heavy atom. The van der Waals surface area contributed by atoms with Gasteiger partial charge in [0.2, 0.25) is 0 Å². The molecule has 0 aromatic carbocycles. The van der Waals surface area contributed by atoms with Crippen LogP contribution in [0.1, 0.15) is 162 Å². The van der Waals surface area contributed by atoms with Gasteiger partial charge in [-0.3, -0.25) is 0 Å². The summed E-state index contributed by atoms with van der Waals surface area (Å²) in [5.74, 6) is 1.86. The van der Waals surface area contributed by atoms with E-state index < -0.39 is 0 Å². The normalized spacial score (nSPS) is 17.7. The quantitative estimate of drug-likeness (QED) is 0.146. The topological polar surface area (TPSA) is 0 Å². The summed E-state index contributed by atoms with van der Waals surface area (Å²) >= 11 is 0. The molecule has 0 aromatic heterocycles. The Morgan fingerprint density at radius 3 is 1.74 bits per heavy atom. The van der Waals surface area contributed by atoms with Crippen molar-refractivity contribution in [1.29, 1.82) is 0 Å². The molecule has 0 saturated heterocycles. The molecule has 0 N–H and O–H groups in total. The van der Waals surface area contributed by atoms with E-state index in [0.29, 0.717) is 17.8 Å². The number of rotatable bonds is 12. The molecule has 0 spiro atoms. The number of hydrogen-bond acceptors (Lipinski definition) is 0. The fraction of sp³-hybridized carbons (Fsp3) is 0.574. The van der Waals surface area contributed by atoms with Gasteiger partial charge in [-0.2, -0.15) is 0 Å². The van der Waals surface area contributed by atoms with Gasteiger partial charge >= 0.3 is 0 Å². The fourth-order valence-corrected chi connectivity index (χ4v) is 5.19. The highest BCUT2D eigenvalue weighted by atomic mass is 14.2. The first kappa shape index (κ1) is 48.8. The van der Waals surface area contributed by atoms with Gasteiger partial charge in [-0.15, -0.1) is 0 Å². The highest BCUT2D eigenvalue weighted by Crippen LogP contribution is 2.32. The van der Waals surface area contributed by atoms with E-state index in [1.807, 2.05) is 27.7 Å². The lowest BCUT2D eigenvalue weighted by molar-refractivity contribution is 0.493. The molecule has 268 valence electrons. The van der Waals surface area contributed by atoms with Crippen LogP contribution in [0, 0.1) is 17.8 Å². The first-order valence-electron chi connectivity index (χ1n) is 19.1. The van der Waals surface area contributed by atoms with Crippen molar-refractivity contribution in [2.75, 3.05) is 0 Å². The molecular weight excluding hydrogens is 565 g/mol. The summed E-state index contributed by atoms with van der Waals surface area (Å²) in [6.45, 7) is 34.2. The Labute approximate surface area is 297 Å². The summed E-state index contributed by atoms with van der Waals surface area (Å²) in [6.07, 6.45) is 39.3. The molecule has 0 amide bonds. The molecule has 2 aliphatic carbocycles. The first-order chi connectivity index (χ1) is 22.6. The van der Waals surface area contributed by atoms with Gasteiger partial charge < -0.3 is 0 Å². The van der Waals surface area contributed by atoms with Crippen molar-refractivity contribution in [3.05, 3.63) is 118 Å². The standard InChI is InChI=1S/C21H32.C16H24.C6H12.2C2H6/c1-6-17(4)21(18(5)7-2)20(8-3)16-12-15-19-13-10-9-11-14-19;1-5-15-8-10-16(11-9-15)12-14(4)7-6-13(2)3;1-4-6(3)5-2;2*1-2/h6-7,10,12-14,16,20-21H,8-9,11,15H2,1-5H3;6-10,16H,5,11-12H2,1-4H3;4H,5H2,1-3H3;2*1-2H3/b16-12-,17-6+,18-7+;14-7+;6-4+;;. The van der Waals surface area contributed by atoms with Crippen LogP contribution in [0.15, 0.2) is 118 Å². The predicted molar refractivity (Wildman–Crippen MR) is 222 cm³/mol. The van der Waals surface area contributed by atoms with Gasteiger partial charge in [-0.25, -0.2) is 0 Å². The van der Waals surface area contributed by atoms with Crippen molar-refractivity contribution in [2.45, 2.75) is 162 Å². The van der Waals surface area contributed by atoms with E-state index in [-0.39, 0.29) is 0 Å². The molecule has 2 atom stereocenters. The molecule has 0 fully saturated rings. The summed E-state index contributed by atoms with van der Waals surface area (Å²) in [7, 11) is 0. The van der Waals surface area contributed by atoms with Gasteiger partial charge in [0.25, 0.3) is 0 Å². The van der Waals surface area contributed by atoms with Crippen LogP contribution in [0.2, 0.25) is 0 Å². The molecule has 0 bridgehead atoms. The minimum atomic E-state index is 0.553. The SMILES string of the molecule is C/C=C(\C)C(/C(C)=C/C)C(/C=C\CC1=CCCC=C1)CC.C/C=C(\C)CC.CC.CC.CCC1=CCC(C/C(C)=C/C=C(C)C)C=C1. The van der Waals surface area contributed by atoms with E-state index in [0.717, 1.165) is 12.8 Å². The average Bonchev–Trinajstić information content (AvgIpc) is 3.12. The highest BCUT2D eigenvalue weighted by molar-refractivity contribution is 5.27. The second-order valence-electron chi connectivity index (χ2n) is 12.4. The zero-order chi connectivity index (χ0) is 36.6. The summed E-state index contributed by atoms with van der Waals surface area (Å²) in [5, 5.41) is 0. The first-order valence-corrected chi connectivity index (χ1v) is 19.1. The molecule has 0 radical (unpaired) electrons. The van der Waals surface area contributed by atoms with Gasteiger partial charge in [0.15, 0.2) is 0 Å². The Balaban J connectivity index is -0.000000656. The van der Waals surface area contributed by atoms with E-state index in [4.69, 9.17) is 0 Å². The summed E-state index contributed by atoms with van der Waals surface area (Å²) in [5.41, 5.74) is 10.2. The smallest absolute Gasteiger partial charge is 0.00639 e. The van der Waals surface area contributed by atoms with E-state index in [2.05, 4.69) is 162 Å². The predicted octanol–water partition coefficient (Wildman–Crippen LogP) is 16.4. The number of hydrogen-bond donors (Lipinski definition) is 0. The van der Waals surface area contributed by atoms with Crippen molar-refractivity contribution in [2.24, 2.45) is 17.8 Å². The summed E-state index contributed by atoms with van der Waals surface area (Å²) < 4.78 is 0. The third kappa shape index (κ3) is 25.1. The zero-order valence-electron chi connectivity index (χ0n) is 34.4. The Morgan fingerprint density at radius 2 is 1.36 bits per heavy atom. The Hall–Kier alpha value is -2.60. The third-order valence-electron chi connectivity index (χ3n) is 8.61. The minimum Gasteiger partial charge on any atom is -0.0887 e. The molecule has 2 aliphatic rings. The van der Waals surface area contributed by atoms with Crippen molar-refractivity contribution < 1.29 is 0 Å². The maximum Gasteiger partial charge on any atom is 0.00639 e. The van der Waals surface area contributed by atoms with Crippen LogP contribution < -0.4 is 0 Å². The van der Waals surface area contributed by atoms with Gasteiger partial charge in [-0.1, -0.05) is 161 Å². The minimum absolute atomic E-state index is 0.553. The number of allylic oxidation sites excluding steroid dienone is 20. The Bertz CT molecular complexity index is 1060. The highest BCUT2D eigenvalue weighted by Gasteiger charge is 2.20. The second kappa shape index (κ2) is 33.3. The molecule has 2 rings (SSSR count). The van der Waals surface area contributed by atoms with Crippen LogP contribution in [0.4, 0.5) is 0 Å². The van der Waals surface area contributed by atoms with Gasteiger partial charge in [0.1, 0.15) is 0 Å². The van der Waals surface area contributed by atoms with E-state index in [9.17, 15) is 0 Å². The largest absolute Gasteiger partial charge is 0.0887 e. The van der Waals surface area contributed by atoms with Gasteiger partial charge in [0, 0.05) is 5.92 Å². The average molecular weight is 645 g/mol. The maximum absolute atomic E-state index is 2.44. The molecule has 2 unspecified atom stereocenters. The van der Waals surface area contributed by atoms with E-state index >= 15 is 0 Å². The molecule has 0 heteroatoms. The molecule has 0 heterocycles. The van der Waals surface area contributed by atoms with Gasteiger partial charge in [0.05, 0.1) is 0 Å². The van der Waals surface area contributed by atoms with Gasteiger partial charge in [-0.05, 0) is 131 Å². The second-order valence-corrected chi connectivity index (χ2v) is 12.4. The summed E-state index contributed by atoms with van der Waals surface area (Å²) in [6, 6.07) is 0. The van der Waals surface area contributed by atoms with Crippen molar-refractivity contribution in [1.82, 2.24) is 0 Å². The molecule has 0 aromatic rings. The van der Waals surface area contributed by atoms with Crippen LogP contribution in [0.25, 0.3) is 0 Å². The monoisotopic (exact) mass is 645 g/mol.